The van der Waals surface area contributed by atoms with Gasteiger partial charge >= 0.3 is 0 Å². The van der Waals surface area contributed by atoms with Gasteiger partial charge in [0.25, 0.3) is 0 Å². The molecule has 1 saturated heterocycles. The van der Waals surface area contributed by atoms with Crippen molar-refractivity contribution in [3.8, 4) is 0 Å². The van der Waals surface area contributed by atoms with Crippen LogP contribution in [0.1, 0.15) is 63.5 Å². The zero-order valence-electron chi connectivity index (χ0n) is 14.8. The smallest absolute Gasteiger partial charge is 0.223 e. The minimum atomic E-state index is 0.191. The van der Waals surface area contributed by atoms with E-state index in [1.54, 1.807) is 0 Å². The predicted molar refractivity (Wildman–Crippen MR) is 98.6 cm³/mol. The SMILES string of the molecule is CC(c1cccc(N)c1)N1CCC(C(=O)NC2CCCCC2)CC1. The molecule has 4 heteroatoms. The second-order valence-corrected chi connectivity index (χ2v) is 7.50. The van der Waals surface area contributed by atoms with E-state index in [-0.39, 0.29) is 11.8 Å². The fourth-order valence-corrected chi connectivity index (χ4v) is 4.14. The van der Waals surface area contributed by atoms with E-state index in [9.17, 15) is 4.79 Å². The molecule has 0 radical (unpaired) electrons. The van der Waals surface area contributed by atoms with Crippen molar-refractivity contribution in [3.63, 3.8) is 0 Å². The van der Waals surface area contributed by atoms with Crippen molar-refractivity contribution in [3.05, 3.63) is 29.8 Å². The summed E-state index contributed by atoms with van der Waals surface area (Å²) in [5, 5.41) is 3.30. The first-order valence-electron chi connectivity index (χ1n) is 9.53. The maximum Gasteiger partial charge on any atom is 0.223 e. The molecule has 1 aromatic carbocycles. The predicted octanol–water partition coefficient (Wildman–Crippen LogP) is 3.49. The van der Waals surface area contributed by atoms with Crippen LogP contribution in [0.4, 0.5) is 5.69 Å². The van der Waals surface area contributed by atoms with E-state index in [1.807, 2.05) is 12.1 Å². The lowest BCUT2D eigenvalue weighted by Crippen LogP contribution is -2.44. The van der Waals surface area contributed by atoms with E-state index >= 15 is 0 Å². The van der Waals surface area contributed by atoms with Gasteiger partial charge in [0.05, 0.1) is 0 Å². The van der Waals surface area contributed by atoms with Crippen LogP contribution < -0.4 is 11.1 Å². The molecule has 1 atom stereocenters. The Balaban J connectivity index is 1.49. The van der Waals surface area contributed by atoms with E-state index in [2.05, 4.69) is 29.3 Å². The molecule has 4 nitrogen and oxygen atoms in total. The van der Waals surface area contributed by atoms with E-state index in [0.29, 0.717) is 12.1 Å². The third-order valence-corrected chi connectivity index (χ3v) is 5.79. The number of piperidine rings is 1. The number of amides is 1. The summed E-state index contributed by atoms with van der Waals surface area (Å²) in [5.41, 5.74) is 7.99. The second-order valence-electron chi connectivity index (χ2n) is 7.50. The van der Waals surface area contributed by atoms with E-state index in [4.69, 9.17) is 5.73 Å². The largest absolute Gasteiger partial charge is 0.399 e. The van der Waals surface area contributed by atoms with Crippen LogP contribution in [0, 0.1) is 5.92 Å². The van der Waals surface area contributed by atoms with Gasteiger partial charge in [0.1, 0.15) is 0 Å². The number of likely N-dealkylation sites (tertiary alicyclic amines) is 1. The zero-order valence-corrected chi connectivity index (χ0v) is 14.8. The Kier molecular flexibility index (Phi) is 5.77. The van der Waals surface area contributed by atoms with Gasteiger partial charge in [-0.1, -0.05) is 31.4 Å². The standard InChI is InChI=1S/C20H31N3O/c1-15(17-6-5-7-18(21)14-17)23-12-10-16(11-13-23)20(24)22-19-8-3-2-4-9-19/h5-7,14-16,19H,2-4,8-13,21H2,1H3,(H,22,24). The minimum absolute atomic E-state index is 0.191. The van der Waals surface area contributed by atoms with E-state index in [0.717, 1.165) is 44.5 Å². The molecule has 0 spiro atoms. The third-order valence-electron chi connectivity index (χ3n) is 5.79. The molecule has 2 aliphatic rings. The number of hydrogen-bond acceptors (Lipinski definition) is 3. The molecule has 0 aromatic heterocycles. The molecule has 1 unspecified atom stereocenters. The van der Waals surface area contributed by atoms with Gasteiger partial charge < -0.3 is 11.1 Å². The van der Waals surface area contributed by atoms with Crippen molar-refractivity contribution in [1.82, 2.24) is 10.2 Å². The van der Waals surface area contributed by atoms with Crippen LogP contribution >= 0.6 is 0 Å². The summed E-state index contributed by atoms with van der Waals surface area (Å²) in [5.74, 6) is 0.481. The van der Waals surface area contributed by atoms with Crippen molar-refractivity contribution >= 4 is 11.6 Å². The average Bonchev–Trinajstić information content (AvgIpc) is 2.62. The molecule has 3 N–H and O–H groups in total. The number of nitrogens with zero attached hydrogens (tertiary/aromatic N) is 1. The van der Waals surface area contributed by atoms with Crippen LogP contribution in [0.25, 0.3) is 0 Å². The first-order valence-corrected chi connectivity index (χ1v) is 9.53. The molecule has 1 aliphatic heterocycles. The third kappa shape index (κ3) is 4.29. The lowest BCUT2D eigenvalue weighted by Gasteiger charge is -2.36. The Morgan fingerprint density at radius 3 is 2.54 bits per heavy atom. The number of anilines is 1. The van der Waals surface area contributed by atoms with Crippen LogP contribution in [-0.2, 0) is 4.79 Å². The van der Waals surface area contributed by atoms with Gasteiger partial charge in [0, 0.05) is 23.7 Å². The topological polar surface area (TPSA) is 58.4 Å². The number of carbonyl (C=O) groups is 1. The molecule has 0 bridgehead atoms. The van der Waals surface area contributed by atoms with Gasteiger partial charge in [-0.3, -0.25) is 9.69 Å². The Hall–Kier alpha value is -1.55. The molecule has 1 aliphatic carbocycles. The molecule has 1 aromatic rings. The molecule has 3 rings (SSSR count). The number of nitrogens with one attached hydrogen (secondary N) is 1. The van der Waals surface area contributed by atoms with Crippen molar-refractivity contribution in [2.75, 3.05) is 18.8 Å². The lowest BCUT2D eigenvalue weighted by atomic mass is 9.91. The summed E-state index contributed by atoms with van der Waals surface area (Å²) in [6, 6.07) is 8.94. The molecule has 1 amide bonds. The molecule has 1 heterocycles. The maximum absolute atomic E-state index is 12.5. The van der Waals surface area contributed by atoms with E-state index < -0.39 is 0 Å². The van der Waals surface area contributed by atoms with Crippen LogP contribution in [0.15, 0.2) is 24.3 Å². The number of hydrogen-bond donors (Lipinski definition) is 2. The van der Waals surface area contributed by atoms with Gasteiger partial charge in [-0.25, -0.2) is 0 Å². The monoisotopic (exact) mass is 329 g/mol. The molecule has 1 saturated carbocycles. The maximum atomic E-state index is 12.5. The number of carbonyl (C=O) groups excluding carboxylic acids is 1. The normalized spacial score (nSPS) is 22.2. The summed E-state index contributed by atoms with van der Waals surface area (Å²) in [6.07, 6.45) is 8.11. The van der Waals surface area contributed by atoms with Crippen LogP contribution in [-0.4, -0.2) is 29.9 Å². The van der Waals surface area contributed by atoms with Gasteiger partial charge in [-0.15, -0.1) is 0 Å². The zero-order chi connectivity index (χ0) is 16.9. The highest BCUT2D eigenvalue weighted by Crippen LogP contribution is 2.28. The molecule has 2 fully saturated rings. The van der Waals surface area contributed by atoms with Crippen molar-refractivity contribution in [1.29, 1.82) is 0 Å². The quantitative estimate of drug-likeness (QED) is 0.831. The highest BCUT2D eigenvalue weighted by Gasteiger charge is 2.29. The van der Waals surface area contributed by atoms with Crippen molar-refractivity contribution < 1.29 is 4.79 Å². The lowest BCUT2D eigenvalue weighted by molar-refractivity contribution is -0.127. The van der Waals surface area contributed by atoms with E-state index in [1.165, 1.54) is 24.8 Å². The first kappa shape index (κ1) is 17.3. The Labute approximate surface area is 145 Å². The van der Waals surface area contributed by atoms with Gasteiger partial charge in [-0.2, -0.15) is 0 Å². The summed E-state index contributed by atoms with van der Waals surface area (Å²) in [7, 11) is 0. The summed E-state index contributed by atoms with van der Waals surface area (Å²) >= 11 is 0. The number of rotatable bonds is 4. The Morgan fingerprint density at radius 1 is 1.17 bits per heavy atom. The molecular weight excluding hydrogens is 298 g/mol. The van der Waals surface area contributed by atoms with Gasteiger partial charge in [-0.05, 0) is 63.4 Å². The van der Waals surface area contributed by atoms with Crippen molar-refractivity contribution in [2.24, 2.45) is 5.92 Å². The summed E-state index contributed by atoms with van der Waals surface area (Å²) in [6.45, 7) is 4.20. The van der Waals surface area contributed by atoms with Crippen LogP contribution in [0.3, 0.4) is 0 Å². The molecular formula is C20H31N3O. The summed E-state index contributed by atoms with van der Waals surface area (Å²) < 4.78 is 0. The highest BCUT2D eigenvalue weighted by molar-refractivity contribution is 5.79. The van der Waals surface area contributed by atoms with Gasteiger partial charge in [0.15, 0.2) is 0 Å². The average molecular weight is 329 g/mol. The molecule has 132 valence electrons. The van der Waals surface area contributed by atoms with Crippen LogP contribution in [0.5, 0.6) is 0 Å². The number of nitrogen functional groups attached to an aromatic ring is 1. The number of nitrogens with two attached hydrogens (primary N) is 1. The van der Waals surface area contributed by atoms with Crippen molar-refractivity contribution in [2.45, 2.75) is 64.0 Å². The first-order chi connectivity index (χ1) is 11.6. The fraction of sp³-hybridized carbons (Fsp3) is 0.650. The summed E-state index contributed by atoms with van der Waals surface area (Å²) in [4.78, 5) is 15.0. The van der Waals surface area contributed by atoms with Crippen LogP contribution in [0.2, 0.25) is 0 Å². The second kappa shape index (κ2) is 8.02. The Morgan fingerprint density at radius 2 is 1.88 bits per heavy atom. The Bertz CT molecular complexity index is 546. The fourth-order valence-electron chi connectivity index (χ4n) is 4.14. The number of benzene rings is 1. The molecule has 24 heavy (non-hydrogen) atoms. The highest BCUT2D eigenvalue weighted by atomic mass is 16.1. The van der Waals surface area contributed by atoms with Gasteiger partial charge in [0.2, 0.25) is 5.91 Å². The minimum Gasteiger partial charge on any atom is -0.399 e.